The Bertz CT molecular complexity index is 587. The van der Waals surface area contributed by atoms with Gasteiger partial charge < -0.3 is 4.74 Å². The van der Waals surface area contributed by atoms with Crippen LogP contribution >= 0.6 is 0 Å². The summed E-state index contributed by atoms with van der Waals surface area (Å²) in [7, 11) is 0. The number of nitrogens with zero attached hydrogens (tertiary/aromatic N) is 1. The number of carbonyl (C=O) groups excluding carboxylic acids is 2. The van der Waals surface area contributed by atoms with E-state index in [1.165, 1.54) is 0 Å². The van der Waals surface area contributed by atoms with Crippen molar-refractivity contribution in [3.63, 3.8) is 0 Å². The molecule has 0 aliphatic heterocycles. The molecule has 0 radical (unpaired) electrons. The molecule has 0 aliphatic rings. The topological polar surface area (TPSA) is 56.3 Å². The van der Waals surface area contributed by atoms with E-state index in [-0.39, 0.29) is 18.8 Å². The first kappa shape index (κ1) is 12.2. The molecule has 2 aromatic rings. The number of aromatic nitrogens is 1. The average Bonchev–Trinajstić information content (AvgIpc) is 2.38. The van der Waals surface area contributed by atoms with E-state index in [1.54, 1.807) is 19.2 Å². The van der Waals surface area contributed by atoms with Gasteiger partial charge in [0.1, 0.15) is 6.42 Å². The molecule has 0 atom stereocenters. The molecule has 0 amide bonds. The maximum atomic E-state index is 12.0. The number of Topliss-reactive ketones (excluding diaryl/α,β-unsaturated/α-hetero) is 1. The van der Waals surface area contributed by atoms with E-state index in [2.05, 4.69) is 4.98 Å². The zero-order chi connectivity index (χ0) is 13.0. The molecule has 18 heavy (non-hydrogen) atoms. The Kier molecular flexibility index (Phi) is 3.67. The van der Waals surface area contributed by atoms with E-state index in [0.717, 1.165) is 10.9 Å². The average molecular weight is 243 g/mol. The molecule has 0 N–H and O–H groups in total. The molecule has 0 saturated heterocycles. The third-order valence-electron chi connectivity index (χ3n) is 2.56. The van der Waals surface area contributed by atoms with E-state index in [1.807, 2.05) is 24.3 Å². The number of rotatable bonds is 4. The fourth-order valence-electron chi connectivity index (χ4n) is 1.78. The molecule has 92 valence electrons. The molecule has 0 bridgehead atoms. The van der Waals surface area contributed by atoms with Gasteiger partial charge in [-0.25, -0.2) is 0 Å². The van der Waals surface area contributed by atoms with Crippen LogP contribution in [0, 0.1) is 0 Å². The van der Waals surface area contributed by atoms with Crippen LogP contribution in [-0.2, 0) is 9.53 Å². The van der Waals surface area contributed by atoms with E-state index in [0.29, 0.717) is 5.56 Å². The van der Waals surface area contributed by atoms with Crippen LogP contribution in [0.1, 0.15) is 23.7 Å². The summed E-state index contributed by atoms with van der Waals surface area (Å²) in [6.07, 6.45) is 1.34. The summed E-state index contributed by atoms with van der Waals surface area (Å²) in [4.78, 5) is 27.5. The highest BCUT2D eigenvalue weighted by Gasteiger charge is 2.15. The van der Waals surface area contributed by atoms with Gasteiger partial charge in [-0.2, -0.15) is 0 Å². The molecule has 1 aromatic heterocycles. The van der Waals surface area contributed by atoms with Gasteiger partial charge in [0.25, 0.3) is 0 Å². The lowest BCUT2D eigenvalue weighted by Crippen LogP contribution is -2.11. The molecule has 0 spiro atoms. The SMILES string of the molecule is CCOC(=O)CC(=O)c1ccnc2ccccc12. The first-order chi connectivity index (χ1) is 8.72. The van der Waals surface area contributed by atoms with Crippen LogP contribution in [0.4, 0.5) is 0 Å². The summed E-state index contributed by atoms with van der Waals surface area (Å²) in [6.45, 7) is 1.99. The Labute approximate surface area is 105 Å². The largest absolute Gasteiger partial charge is 0.466 e. The highest BCUT2D eigenvalue weighted by atomic mass is 16.5. The second-order valence-corrected chi connectivity index (χ2v) is 3.78. The van der Waals surface area contributed by atoms with Crippen molar-refractivity contribution in [2.45, 2.75) is 13.3 Å². The van der Waals surface area contributed by atoms with Crippen LogP contribution in [-0.4, -0.2) is 23.3 Å². The number of esters is 1. The van der Waals surface area contributed by atoms with Crippen LogP contribution in [0.5, 0.6) is 0 Å². The zero-order valence-electron chi connectivity index (χ0n) is 10.1. The third-order valence-corrected chi connectivity index (χ3v) is 2.56. The fraction of sp³-hybridized carbons (Fsp3) is 0.214. The quantitative estimate of drug-likeness (QED) is 0.470. The minimum absolute atomic E-state index is 0.234. The first-order valence-electron chi connectivity index (χ1n) is 5.75. The summed E-state index contributed by atoms with van der Waals surface area (Å²) in [5.41, 5.74) is 1.25. The van der Waals surface area contributed by atoms with Gasteiger partial charge in [-0.1, -0.05) is 18.2 Å². The van der Waals surface area contributed by atoms with Crippen molar-refractivity contribution in [2.24, 2.45) is 0 Å². The van der Waals surface area contributed by atoms with Crippen LogP contribution in [0.3, 0.4) is 0 Å². The van der Waals surface area contributed by atoms with E-state index in [9.17, 15) is 9.59 Å². The lowest BCUT2D eigenvalue weighted by Gasteiger charge is -2.04. The maximum Gasteiger partial charge on any atom is 0.313 e. The maximum absolute atomic E-state index is 12.0. The van der Waals surface area contributed by atoms with Crippen molar-refractivity contribution in [3.8, 4) is 0 Å². The second kappa shape index (κ2) is 5.40. The Hall–Kier alpha value is -2.23. The molecule has 4 heteroatoms. The number of ketones is 1. The van der Waals surface area contributed by atoms with Gasteiger partial charge in [0, 0.05) is 17.1 Å². The molecule has 4 nitrogen and oxygen atoms in total. The Morgan fingerprint density at radius 2 is 2.00 bits per heavy atom. The monoisotopic (exact) mass is 243 g/mol. The standard InChI is InChI=1S/C14H13NO3/c1-2-18-14(17)9-13(16)11-7-8-15-12-6-4-3-5-10(11)12/h3-8H,2,9H2,1H3. The van der Waals surface area contributed by atoms with Gasteiger partial charge in [-0.15, -0.1) is 0 Å². The van der Waals surface area contributed by atoms with E-state index in [4.69, 9.17) is 4.74 Å². The van der Waals surface area contributed by atoms with Crippen molar-refractivity contribution < 1.29 is 14.3 Å². The highest BCUT2D eigenvalue weighted by Crippen LogP contribution is 2.17. The van der Waals surface area contributed by atoms with Gasteiger partial charge in [0.05, 0.1) is 12.1 Å². The number of benzene rings is 1. The van der Waals surface area contributed by atoms with Crippen molar-refractivity contribution in [3.05, 3.63) is 42.1 Å². The summed E-state index contributed by atoms with van der Waals surface area (Å²) in [5, 5.41) is 0.759. The Balaban J connectivity index is 2.30. The molecule has 0 fully saturated rings. The van der Waals surface area contributed by atoms with E-state index < -0.39 is 5.97 Å². The van der Waals surface area contributed by atoms with Crippen LogP contribution in [0.25, 0.3) is 10.9 Å². The predicted molar refractivity (Wildman–Crippen MR) is 67.3 cm³/mol. The molecular weight excluding hydrogens is 230 g/mol. The van der Waals surface area contributed by atoms with Crippen LogP contribution < -0.4 is 0 Å². The van der Waals surface area contributed by atoms with Gasteiger partial charge in [-0.3, -0.25) is 14.6 Å². The number of para-hydroxylation sites is 1. The lowest BCUT2D eigenvalue weighted by atomic mass is 10.0. The lowest BCUT2D eigenvalue weighted by molar-refractivity contribution is -0.141. The molecule has 1 heterocycles. The van der Waals surface area contributed by atoms with E-state index >= 15 is 0 Å². The van der Waals surface area contributed by atoms with Crippen molar-refractivity contribution in [1.82, 2.24) is 4.98 Å². The normalized spacial score (nSPS) is 10.3. The summed E-state index contributed by atoms with van der Waals surface area (Å²) >= 11 is 0. The van der Waals surface area contributed by atoms with Crippen LogP contribution in [0.2, 0.25) is 0 Å². The van der Waals surface area contributed by atoms with Crippen molar-refractivity contribution in [1.29, 1.82) is 0 Å². The smallest absolute Gasteiger partial charge is 0.313 e. The van der Waals surface area contributed by atoms with Crippen LogP contribution in [0.15, 0.2) is 36.5 Å². The summed E-state index contributed by atoms with van der Waals surface area (Å²) < 4.78 is 4.77. The molecular formula is C14H13NO3. The third kappa shape index (κ3) is 2.53. The predicted octanol–water partition coefficient (Wildman–Crippen LogP) is 2.37. The van der Waals surface area contributed by atoms with Gasteiger partial charge in [-0.05, 0) is 19.1 Å². The minimum Gasteiger partial charge on any atom is -0.466 e. The second-order valence-electron chi connectivity index (χ2n) is 3.78. The number of fused-ring (bicyclic) bond motifs is 1. The van der Waals surface area contributed by atoms with Crippen molar-refractivity contribution >= 4 is 22.7 Å². The van der Waals surface area contributed by atoms with Crippen molar-refractivity contribution in [2.75, 3.05) is 6.61 Å². The Morgan fingerprint density at radius 1 is 1.22 bits per heavy atom. The summed E-state index contributed by atoms with van der Waals surface area (Å²) in [5.74, 6) is -0.740. The minimum atomic E-state index is -0.497. The highest BCUT2D eigenvalue weighted by molar-refractivity contribution is 6.12. The number of hydrogen-bond donors (Lipinski definition) is 0. The molecule has 1 aromatic carbocycles. The Morgan fingerprint density at radius 3 is 2.78 bits per heavy atom. The van der Waals surface area contributed by atoms with Gasteiger partial charge >= 0.3 is 5.97 Å². The van der Waals surface area contributed by atoms with Gasteiger partial charge in [0.15, 0.2) is 5.78 Å². The molecule has 0 unspecified atom stereocenters. The zero-order valence-corrected chi connectivity index (χ0v) is 10.1. The van der Waals surface area contributed by atoms with Gasteiger partial charge in [0.2, 0.25) is 0 Å². The summed E-state index contributed by atoms with van der Waals surface area (Å²) in [6, 6.07) is 8.97. The molecule has 0 saturated carbocycles. The number of hydrogen-bond acceptors (Lipinski definition) is 4. The number of pyridine rings is 1. The first-order valence-corrected chi connectivity index (χ1v) is 5.75. The molecule has 0 aliphatic carbocycles. The fourth-order valence-corrected chi connectivity index (χ4v) is 1.78. The number of ether oxygens (including phenoxy) is 1. The number of carbonyl (C=O) groups is 2. The molecule has 2 rings (SSSR count).